The molecule has 0 heterocycles. The minimum Gasteiger partial charge on any atom is -0.427 e. The molecule has 3 nitrogen and oxygen atoms in total. The largest absolute Gasteiger partial charge is 0.427 e. The molecule has 0 aliphatic heterocycles. The van der Waals surface area contributed by atoms with Gasteiger partial charge in [-0.25, -0.2) is 0 Å². The Kier molecular flexibility index (Phi) is 5.62. The Hall–Kier alpha value is -0.630. The van der Waals surface area contributed by atoms with E-state index in [1.54, 1.807) is 6.07 Å². The molecule has 2 N–H and O–H groups in total. The molecule has 15 heavy (non-hydrogen) atoms. The van der Waals surface area contributed by atoms with Crippen molar-refractivity contribution in [3.8, 4) is 5.75 Å². The number of para-hydroxylation sites is 1. The molecule has 0 aliphatic carbocycles. The van der Waals surface area contributed by atoms with Crippen LogP contribution in [0.1, 0.15) is 31.7 Å². The molecule has 1 rings (SSSR count). The fourth-order valence-corrected chi connectivity index (χ4v) is 1.81. The van der Waals surface area contributed by atoms with Crippen LogP contribution in [0.3, 0.4) is 0 Å². The van der Waals surface area contributed by atoms with Crippen molar-refractivity contribution in [3.63, 3.8) is 0 Å². The maximum absolute atomic E-state index is 8.80. The molecule has 84 valence electrons. The van der Waals surface area contributed by atoms with Crippen molar-refractivity contribution >= 4 is 8.60 Å². The molecular weight excluding hydrogens is 211 g/mol. The van der Waals surface area contributed by atoms with Crippen LogP contribution in [0.15, 0.2) is 24.3 Å². The first-order chi connectivity index (χ1) is 7.24. The fraction of sp³-hybridized carbons (Fsp3) is 0.455. The molecule has 0 amide bonds. The van der Waals surface area contributed by atoms with Crippen LogP contribution in [0.4, 0.5) is 0 Å². The molecule has 4 heteroatoms. The molecule has 0 aliphatic rings. The van der Waals surface area contributed by atoms with Gasteiger partial charge in [0.1, 0.15) is 5.75 Å². The maximum Gasteiger partial charge on any atom is 0.391 e. The zero-order valence-corrected chi connectivity index (χ0v) is 9.78. The summed E-state index contributed by atoms with van der Waals surface area (Å²) >= 11 is 0. The normalized spacial score (nSPS) is 10.7. The Balaban J connectivity index is 2.60. The highest BCUT2D eigenvalue weighted by Crippen LogP contribution is 2.32. The van der Waals surface area contributed by atoms with E-state index < -0.39 is 8.60 Å². The van der Waals surface area contributed by atoms with Gasteiger partial charge in [0.25, 0.3) is 0 Å². The first-order valence-corrected chi connectivity index (χ1v) is 6.34. The van der Waals surface area contributed by atoms with Gasteiger partial charge in [0.15, 0.2) is 0 Å². The van der Waals surface area contributed by atoms with Crippen LogP contribution in [0.2, 0.25) is 0 Å². The van der Waals surface area contributed by atoms with E-state index in [1.165, 1.54) is 12.8 Å². The van der Waals surface area contributed by atoms with E-state index in [1.807, 2.05) is 18.2 Å². The topological polar surface area (TPSA) is 49.7 Å². The summed E-state index contributed by atoms with van der Waals surface area (Å²) in [5.41, 5.74) is 1.04. The van der Waals surface area contributed by atoms with Crippen LogP contribution in [0.25, 0.3) is 0 Å². The summed E-state index contributed by atoms with van der Waals surface area (Å²) in [5.74, 6) is 0.588. The van der Waals surface area contributed by atoms with Gasteiger partial charge in [0, 0.05) is 0 Å². The van der Waals surface area contributed by atoms with Crippen molar-refractivity contribution in [1.82, 2.24) is 0 Å². The lowest BCUT2D eigenvalue weighted by molar-refractivity contribution is 0.373. The average molecular weight is 228 g/mol. The van der Waals surface area contributed by atoms with Crippen molar-refractivity contribution in [1.29, 1.82) is 0 Å². The quantitative estimate of drug-likeness (QED) is 0.581. The number of benzene rings is 1. The molecule has 0 aromatic heterocycles. The summed E-state index contributed by atoms with van der Waals surface area (Å²) in [4.78, 5) is 17.6. The molecule has 0 saturated heterocycles. The Labute approximate surface area is 91.7 Å². The number of hydrogen-bond donors (Lipinski definition) is 2. The van der Waals surface area contributed by atoms with Gasteiger partial charge in [-0.05, 0) is 24.5 Å². The summed E-state index contributed by atoms with van der Waals surface area (Å²) in [6.45, 7) is 2.16. The number of hydrogen-bond acceptors (Lipinski definition) is 3. The van der Waals surface area contributed by atoms with Gasteiger partial charge in [0.05, 0.1) is 0 Å². The van der Waals surface area contributed by atoms with Gasteiger partial charge in [0.2, 0.25) is 0 Å². The third-order valence-corrected chi connectivity index (χ3v) is 2.56. The van der Waals surface area contributed by atoms with Crippen LogP contribution in [-0.2, 0) is 6.42 Å². The van der Waals surface area contributed by atoms with Crippen molar-refractivity contribution in [2.24, 2.45) is 0 Å². The summed E-state index contributed by atoms with van der Waals surface area (Å²) in [6, 6.07) is 7.50. The van der Waals surface area contributed by atoms with E-state index in [9.17, 15) is 0 Å². The number of rotatable bonds is 6. The van der Waals surface area contributed by atoms with Crippen LogP contribution in [0, 0.1) is 0 Å². The third-order valence-electron chi connectivity index (χ3n) is 2.20. The summed E-state index contributed by atoms with van der Waals surface area (Å²) in [5, 5.41) is 0. The highest BCUT2D eigenvalue weighted by Gasteiger charge is 2.07. The Bertz CT molecular complexity index is 289. The van der Waals surface area contributed by atoms with E-state index in [0.29, 0.717) is 5.75 Å². The molecule has 0 fully saturated rings. The lowest BCUT2D eigenvalue weighted by atomic mass is 10.1. The predicted molar refractivity (Wildman–Crippen MR) is 61.7 cm³/mol. The maximum atomic E-state index is 8.80. The molecule has 0 saturated carbocycles. The van der Waals surface area contributed by atoms with Crippen molar-refractivity contribution in [3.05, 3.63) is 29.8 Å². The van der Waals surface area contributed by atoms with Crippen LogP contribution in [0.5, 0.6) is 5.75 Å². The molecule has 1 aromatic carbocycles. The van der Waals surface area contributed by atoms with Crippen molar-refractivity contribution < 1.29 is 14.3 Å². The first-order valence-electron chi connectivity index (χ1n) is 5.17. The zero-order chi connectivity index (χ0) is 11.1. The minimum absolute atomic E-state index is 0.588. The lowest BCUT2D eigenvalue weighted by Crippen LogP contribution is -1.92. The van der Waals surface area contributed by atoms with E-state index in [2.05, 4.69) is 6.92 Å². The second-order valence-corrected chi connectivity index (χ2v) is 4.10. The molecule has 0 unspecified atom stereocenters. The van der Waals surface area contributed by atoms with Gasteiger partial charge < -0.3 is 14.3 Å². The first kappa shape index (κ1) is 12.4. The van der Waals surface area contributed by atoms with Gasteiger partial charge in [-0.2, -0.15) is 0 Å². The van der Waals surface area contributed by atoms with E-state index in [0.717, 1.165) is 18.4 Å². The second-order valence-electron chi connectivity index (χ2n) is 3.41. The van der Waals surface area contributed by atoms with Crippen LogP contribution in [-0.4, -0.2) is 9.79 Å². The molecule has 0 radical (unpaired) electrons. The van der Waals surface area contributed by atoms with E-state index in [-0.39, 0.29) is 0 Å². The molecular formula is C11H17O3P. The Morgan fingerprint density at radius 3 is 2.60 bits per heavy atom. The Morgan fingerprint density at radius 1 is 1.20 bits per heavy atom. The zero-order valence-electron chi connectivity index (χ0n) is 8.89. The van der Waals surface area contributed by atoms with Gasteiger partial charge >= 0.3 is 8.60 Å². The predicted octanol–water partition coefficient (Wildman–Crippen LogP) is 3.01. The third kappa shape index (κ3) is 4.61. The molecule has 0 atom stereocenters. The standard InChI is InChI=1S/C11H17O3P/c1-2-3-4-7-10-8-5-6-9-11(10)14-15(12)13/h5-6,8-9,12-13H,2-4,7H2,1H3. The van der Waals surface area contributed by atoms with Gasteiger partial charge in [-0.1, -0.05) is 38.0 Å². The molecule has 0 spiro atoms. The SMILES string of the molecule is CCCCCc1ccccc1OP(O)O. The van der Waals surface area contributed by atoms with Gasteiger partial charge in [-0.15, -0.1) is 0 Å². The monoisotopic (exact) mass is 228 g/mol. The summed E-state index contributed by atoms with van der Waals surface area (Å²) in [6.07, 6.45) is 4.38. The van der Waals surface area contributed by atoms with Crippen molar-refractivity contribution in [2.75, 3.05) is 0 Å². The lowest BCUT2D eigenvalue weighted by Gasteiger charge is -2.10. The van der Waals surface area contributed by atoms with Crippen LogP contribution >= 0.6 is 8.60 Å². The fourth-order valence-electron chi connectivity index (χ4n) is 1.45. The molecule has 0 bridgehead atoms. The van der Waals surface area contributed by atoms with Crippen molar-refractivity contribution in [2.45, 2.75) is 32.6 Å². The number of unbranched alkanes of at least 4 members (excludes halogenated alkanes) is 2. The minimum atomic E-state index is -2.31. The number of aryl methyl sites for hydroxylation is 1. The highest BCUT2D eigenvalue weighted by atomic mass is 31.2. The van der Waals surface area contributed by atoms with E-state index in [4.69, 9.17) is 14.3 Å². The summed E-state index contributed by atoms with van der Waals surface area (Å²) in [7, 11) is -2.31. The van der Waals surface area contributed by atoms with Gasteiger partial charge in [-0.3, -0.25) is 0 Å². The highest BCUT2D eigenvalue weighted by molar-refractivity contribution is 7.39. The van der Waals surface area contributed by atoms with Crippen LogP contribution < -0.4 is 4.52 Å². The smallest absolute Gasteiger partial charge is 0.391 e. The van der Waals surface area contributed by atoms with E-state index >= 15 is 0 Å². The summed E-state index contributed by atoms with van der Waals surface area (Å²) < 4.78 is 4.95. The second kappa shape index (κ2) is 6.78. The average Bonchev–Trinajstić information content (AvgIpc) is 2.20. The Morgan fingerprint density at radius 2 is 1.93 bits per heavy atom. The molecule has 1 aromatic rings.